The molecule has 0 atom stereocenters. The molecule has 0 aliphatic rings. The lowest BCUT2D eigenvalue weighted by Crippen LogP contribution is -2.20. The monoisotopic (exact) mass is 517 g/mol. The lowest BCUT2D eigenvalue weighted by atomic mass is 10.2. The fourth-order valence-corrected chi connectivity index (χ4v) is 4.69. The summed E-state index contributed by atoms with van der Waals surface area (Å²) in [6.45, 7) is -0.205. The number of aromatic nitrogens is 1. The maximum absolute atomic E-state index is 12.5. The van der Waals surface area contributed by atoms with E-state index in [4.69, 9.17) is 4.74 Å². The Labute approximate surface area is 191 Å². The van der Waals surface area contributed by atoms with Gasteiger partial charge in [-0.2, -0.15) is 4.37 Å². The maximum atomic E-state index is 12.5. The van der Waals surface area contributed by atoms with Crippen LogP contribution >= 0.6 is 27.5 Å². The van der Waals surface area contributed by atoms with Gasteiger partial charge in [-0.25, -0.2) is 8.42 Å². The SMILES string of the molecule is O=C(COc1ccc(S(=O)(=O)Nc2ccc(Br)cc2)cc1)Nc1ccc2sncc2c1. The molecule has 1 amide bonds. The smallest absolute Gasteiger partial charge is 0.262 e. The van der Waals surface area contributed by atoms with E-state index in [9.17, 15) is 13.2 Å². The molecule has 0 aliphatic carbocycles. The van der Waals surface area contributed by atoms with Gasteiger partial charge in [0.25, 0.3) is 15.9 Å². The molecule has 0 spiro atoms. The number of hydrogen-bond donors (Lipinski definition) is 2. The van der Waals surface area contributed by atoms with Gasteiger partial charge in [0.15, 0.2) is 6.61 Å². The van der Waals surface area contributed by atoms with Gasteiger partial charge < -0.3 is 10.1 Å². The standard InChI is InChI=1S/C21H16BrN3O4S2/c22-15-1-3-16(4-2-15)25-31(27,28)19-8-6-18(7-9-19)29-13-21(26)24-17-5-10-20-14(11-17)12-23-30-20/h1-12,25H,13H2,(H,24,26). The van der Waals surface area contributed by atoms with Gasteiger partial charge in [0, 0.05) is 27.4 Å². The molecule has 0 aliphatic heterocycles. The van der Waals surface area contributed by atoms with E-state index in [1.54, 1.807) is 36.5 Å². The highest BCUT2D eigenvalue weighted by molar-refractivity contribution is 9.10. The summed E-state index contributed by atoms with van der Waals surface area (Å²) in [6, 6.07) is 18.2. The number of fused-ring (bicyclic) bond motifs is 1. The van der Waals surface area contributed by atoms with Crippen LogP contribution in [-0.2, 0) is 14.8 Å². The Morgan fingerprint density at radius 1 is 1.00 bits per heavy atom. The second-order valence-electron chi connectivity index (χ2n) is 6.50. The number of nitrogens with one attached hydrogen (secondary N) is 2. The number of rotatable bonds is 7. The van der Waals surface area contributed by atoms with Crippen molar-refractivity contribution in [3.05, 3.63) is 77.4 Å². The van der Waals surface area contributed by atoms with E-state index in [2.05, 4.69) is 30.3 Å². The average Bonchev–Trinajstić information content (AvgIpc) is 3.22. The number of hydrogen-bond acceptors (Lipinski definition) is 6. The Balaban J connectivity index is 1.34. The molecule has 1 heterocycles. The minimum absolute atomic E-state index is 0.0879. The minimum Gasteiger partial charge on any atom is -0.484 e. The largest absolute Gasteiger partial charge is 0.484 e. The van der Waals surface area contributed by atoms with Crippen LogP contribution in [-0.4, -0.2) is 25.3 Å². The predicted octanol–water partition coefficient (Wildman–Crippen LogP) is 4.88. The molecular formula is C21H16BrN3O4S2. The summed E-state index contributed by atoms with van der Waals surface area (Å²) in [5.74, 6) is 0.0615. The van der Waals surface area contributed by atoms with E-state index in [0.29, 0.717) is 17.1 Å². The molecule has 31 heavy (non-hydrogen) atoms. The molecular weight excluding hydrogens is 502 g/mol. The molecule has 0 unspecified atom stereocenters. The third kappa shape index (κ3) is 5.40. The summed E-state index contributed by atoms with van der Waals surface area (Å²) in [5.41, 5.74) is 1.11. The highest BCUT2D eigenvalue weighted by Gasteiger charge is 2.14. The summed E-state index contributed by atoms with van der Waals surface area (Å²) in [7, 11) is -3.73. The first-order valence-electron chi connectivity index (χ1n) is 9.05. The van der Waals surface area contributed by atoms with Crippen LogP contribution in [0.2, 0.25) is 0 Å². The van der Waals surface area contributed by atoms with E-state index in [0.717, 1.165) is 14.6 Å². The number of benzene rings is 3. The van der Waals surface area contributed by atoms with Gasteiger partial charge in [0.2, 0.25) is 0 Å². The number of carbonyl (C=O) groups is 1. The molecule has 0 saturated carbocycles. The van der Waals surface area contributed by atoms with Crippen molar-refractivity contribution in [2.24, 2.45) is 0 Å². The first kappa shape index (κ1) is 21.3. The Bertz CT molecular complexity index is 1320. The summed E-state index contributed by atoms with van der Waals surface area (Å²) in [4.78, 5) is 12.2. The quantitative estimate of drug-likeness (QED) is 0.364. The average molecular weight is 518 g/mol. The van der Waals surface area contributed by atoms with E-state index >= 15 is 0 Å². The van der Waals surface area contributed by atoms with Crippen LogP contribution in [0.3, 0.4) is 0 Å². The zero-order valence-electron chi connectivity index (χ0n) is 15.9. The van der Waals surface area contributed by atoms with Crippen LogP contribution in [0.5, 0.6) is 5.75 Å². The lowest BCUT2D eigenvalue weighted by molar-refractivity contribution is -0.118. The van der Waals surface area contributed by atoms with Crippen molar-refractivity contribution in [3.8, 4) is 5.75 Å². The molecule has 4 aromatic rings. The Hall–Kier alpha value is -2.95. The van der Waals surface area contributed by atoms with Crippen molar-refractivity contribution in [1.82, 2.24) is 4.37 Å². The molecule has 0 bridgehead atoms. The number of carbonyl (C=O) groups excluding carboxylic acids is 1. The molecule has 1 aromatic heterocycles. The Morgan fingerprint density at radius 2 is 1.71 bits per heavy atom. The van der Waals surface area contributed by atoms with Crippen LogP contribution in [0, 0.1) is 0 Å². The van der Waals surface area contributed by atoms with E-state index in [1.165, 1.54) is 35.8 Å². The van der Waals surface area contributed by atoms with E-state index in [-0.39, 0.29) is 17.4 Å². The van der Waals surface area contributed by atoms with Gasteiger partial charge in [-0.05, 0) is 78.3 Å². The summed E-state index contributed by atoms with van der Waals surface area (Å²) >= 11 is 4.70. The summed E-state index contributed by atoms with van der Waals surface area (Å²) in [5, 5.41) is 3.72. The molecule has 3 aromatic carbocycles. The van der Waals surface area contributed by atoms with Gasteiger partial charge in [0.05, 0.1) is 9.60 Å². The lowest BCUT2D eigenvalue weighted by Gasteiger charge is -2.10. The summed E-state index contributed by atoms with van der Waals surface area (Å²) < 4.78 is 39.0. The number of sulfonamides is 1. The van der Waals surface area contributed by atoms with Gasteiger partial charge in [-0.1, -0.05) is 15.9 Å². The number of amides is 1. The van der Waals surface area contributed by atoms with Crippen molar-refractivity contribution in [2.75, 3.05) is 16.6 Å². The van der Waals surface area contributed by atoms with Crippen molar-refractivity contribution in [3.63, 3.8) is 0 Å². The molecule has 0 saturated heterocycles. The third-order valence-electron chi connectivity index (χ3n) is 4.24. The predicted molar refractivity (Wildman–Crippen MR) is 125 cm³/mol. The van der Waals surface area contributed by atoms with Crippen molar-refractivity contribution in [1.29, 1.82) is 0 Å². The molecule has 0 radical (unpaired) electrons. The normalized spacial score (nSPS) is 11.3. The highest BCUT2D eigenvalue weighted by Crippen LogP contribution is 2.23. The molecule has 4 rings (SSSR count). The van der Waals surface area contributed by atoms with Crippen molar-refractivity contribution < 1.29 is 17.9 Å². The van der Waals surface area contributed by atoms with Crippen LogP contribution in [0.4, 0.5) is 11.4 Å². The van der Waals surface area contributed by atoms with Crippen LogP contribution < -0.4 is 14.8 Å². The third-order valence-corrected chi connectivity index (χ3v) is 6.94. The first-order chi connectivity index (χ1) is 14.9. The van der Waals surface area contributed by atoms with E-state index in [1.807, 2.05) is 12.1 Å². The number of nitrogens with zero attached hydrogens (tertiary/aromatic N) is 1. The summed E-state index contributed by atoms with van der Waals surface area (Å²) in [6.07, 6.45) is 1.74. The number of ether oxygens (including phenoxy) is 1. The van der Waals surface area contributed by atoms with Crippen LogP contribution in [0.1, 0.15) is 0 Å². The van der Waals surface area contributed by atoms with Gasteiger partial charge in [0.1, 0.15) is 5.75 Å². The second kappa shape index (κ2) is 9.04. The van der Waals surface area contributed by atoms with Gasteiger partial charge >= 0.3 is 0 Å². The molecule has 158 valence electrons. The minimum atomic E-state index is -3.73. The fourth-order valence-electron chi connectivity index (χ4n) is 2.74. The van der Waals surface area contributed by atoms with Gasteiger partial charge in [-0.15, -0.1) is 0 Å². The van der Waals surface area contributed by atoms with Crippen molar-refractivity contribution in [2.45, 2.75) is 4.90 Å². The van der Waals surface area contributed by atoms with Gasteiger partial charge in [-0.3, -0.25) is 9.52 Å². The van der Waals surface area contributed by atoms with Crippen LogP contribution in [0.25, 0.3) is 10.1 Å². The topological polar surface area (TPSA) is 97.4 Å². The molecule has 10 heteroatoms. The Morgan fingerprint density at radius 3 is 2.45 bits per heavy atom. The van der Waals surface area contributed by atoms with E-state index < -0.39 is 10.0 Å². The number of anilines is 2. The van der Waals surface area contributed by atoms with Crippen molar-refractivity contribution >= 4 is 64.9 Å². The maximum Gasteiger partial charge on any atom is 0.262 e. The molecule has 7 nitrogen and oxygen atoms in total. The first-order valence-corrected chi connectivity index (χ1v) is 12.1. The zero-order chi connectivity index (χ0) is 21.8. The Kier molecular flexibility index (Phi) is 6.21. The zero-order valence-corrected chi connectivity index (χ0v) is 19.1. The molecule has 2 N–H and O–H groups in total. The number of halogens is 1. The molecule has 0 fully saturated rings. The van der Waals surface area contributed by atoms with Crippen LogP contribution in [0.15, 0.2) is 82.3 Å². The second-order valence-corrected chi connectivity index (χ2v) is 9.93. The fraction of sp³-hybridized carbons (Fsp3) is 0.0476. The highest BCUT2D eigenvalue weighted by atomic mass is 79.9.